The molecule has 0 saturated heterocycles. The third-order valence-corrected chi connectivity index (χ3v) is 3.51. The van der Waals surface area contributed by atoms with Gasteiger partial charge in [-0.1, -0.05) is 0 Å². The number of nitrogens with one attached hydrogen (secondary N) is 1. The van der Waals surface area contributed by atoms with E-state index in [-0.39, 0.29) is 17.7 Å². The SMILES string of the molecule is Cc1csc2nc(NC(=O)c3ccc(F)cc3)nn12. The number of hydrogen-bond donors (Lipinski definition) is 1. The summed E-state index contributed by atoms with van der Waals surface area (Å²) in [6.45, 7) is 1.91. The van der Waals surface area contributed by atoms with Crippen molar-refractivity contribution >= 4 is 28.2 Å². The second kappa shape index (κ2) is 4.43. The van der Waals surface area contributed by atoms with Crippen molar-refractivity contribution in [2.24, 2.45) is 0 Å². The van der Waals surface area contributed by atoms with E-state index in [1.807, 2.05) is 12.3 Å². The minimum absolute atomic E-state index is 0.240. The Morgan fingerprint density at radius 3 is 2.79 bits per heavy atom. The molecule has 2 heterocycles. The summed E-state index contributed by atoms with van der Waals surface area (Å²) >= 11 is 1.45. The van der Waals surface area contributed by atoms with Gasteiger partial charge in [0.2, 0.25) is 4.96 Å². The molecule has 0 aliphatic rings. The lowest BCUT2D eigenvalue weighted by molar-refractivity contribution is 0.102. The molecule has 0 aliphatic heterocycles. The van der Waals surface area contributed by atoms with E-state index in [0.717, 1.165) is 5.69 Å². The molecule has 1 amide bonds. The highest BCUT2D eigenvalue weighted by Crippen LogP contribution is 2.15. The molecular formula is C12H9FN4OS. The number of rotatable bonds is 2. The topological polar surface area (TPSA) is 59.3 Å². The van der Waals surface area contributed by atoms with Crippen LogP contribution in [0.5, 0.6) is 0 Å². The molecule has 19 heavy (non-hydrogen) atoms. The molecule has 96 valence electrons. The number of aromatic nitrogens is 3. The highest BCUT2D eigenvalue weighted by Gasteiger charge is 2.11. The summed E-state index contributed by atoms with van der Waals surface area (Å²) in [4.78, 5) is 16.8. The van der Waals surface area contributed by atoms with Crippen molar-refractivity contribution in [1.82, 2.24) is 14.6 Å². The summed E-state index contributed by atoms with van der Waals surface area (Å²) in [6, 6.07) is 5.29. The second-order valence-electron chi connectivity index (χ2n) is 3.97. The van der Waals surface area contributed by atoms with Gasteiger partial charge in [-0.25, -0.2) is 8.91 Å². The molecule has 0 bridgehead atoms. The van der Waals surface area contributed by atoms with Gasteiger partial charge in [-0.3, -0.25) is 10.1 Å². The lowest BCUT2D eigenvalue weighted by Gasteiger charge is -2.00. The van der Waals surface area contributed by atoms with Crippen LogP contribution in [0.25, 0.3) is 4.96 Å². The van der Waals surface area contributed by atoms with Crippen molar-refractivity contribution < 1.29 is 9.18 Å². The summed E-state index contributed by atoms with van der Waals surface area (Å²) < 4.78 is 14.4. The Labute approximate surface area is 111 Å². The van der Waals surface area contributed by atoms with Crippen LogP contribution in [-0.2, 0) is 0 Å². The van der Waals surface area contributed by atoms with Gasteiger partial charge in [0.1, 0.15) is 5.82 Å². The molecule has 2 aromatic heterocycles. The molecule has 7 heteroatoms. The van der Waals surface area contributed by atoms with Gasteiger partial charge in [0.05, 0.1) is 5.69 Å². The zero-order valence-corrected chi connectivity index (χ0v) is 10.7. The number of thiazole rings is 1. The maximum Gasteiger partial charge on any atom is 0.258 e. The highest BCUT2D eigenvalue weighted by molar-refractivity contribution is 7.15. The normalized spacial score (nSPS) is 10.8. The molecule has 0 aliphatic carbocycles. The lowest BCUT2D eigenvalue weighted by Crippen LogP contribution is -2.13. The first-order valence-electron chi connectivity index (χ1n) is 5.51. The summed E-state index contributed by atoms with van der Waals surface area (Å²) in [5.41, 5.74) is 1.31. The molecule has 0 atom stereocenters. The fraction of sp³-hybridized carbons (Fsp3) is 0.0833. The van der Waals surface area contributed by atoms with Crippen molar-refractivity contribution in [3.05, 3.63) is 46.7 Å². The van der Waals surface area contributed by atoms with E-state index in [1.54, 1.807) is 4.52 Å². The van der Waals surface area contributed by atoms with Crippen LogP contribution in [0.1, 0.15) is 16.1 Å². The molecule has 3 rings (SSSR count). The molecule has 0 saturated carbocycles. The number of halogens is 1. The predicted octanol–water partition coefficient (Wildman–Crippen LogP) is 2.49. The van der Waals surface area contributed by atoms with E-state index in [2.05, 4.69) is 15.4 Å². The Morgan fingerprint density at radius 1 is 1.37 bits per heavy atom. The number of aryl methyl sites for hydroxylation is 1. The van der Waals surface area contributed by atoms with Crippen LogP contribution in [0.3, 0.4) is 0 Å². The van der Waals surface area contributed by atoms with E-state index in [4.69, 9.17) is 0 Å². The number of carbonyl (C=O) groups is 1. The van der Waals surface area contributed by atoms with Crippen LogP contribution >= 0.6 is 11.3 Å². The van der Waals surface area contributed by atoms with Crippen molar-refractivity contribution in [3.8, 4) is 0 Å². The van der Waals surface area contributed by atoms with Crippen LogP contribution in [0.15, 0.2) is 29.6 Å². The fourth-order valence-corrected chi connectivity index (χ4v) is 2.42. The Balaban J connectivity index is 1.84. The van der Waals surface area contributed by atoms with Crippen LogP contribution in [-0.4, -0.2) is 20.5 Å². The van der Waals surface area contributed by atoms with Crippen LogP contribution < -0.4 is 5.32 Å². The first kappa shape index (κ1) is 11.8. The molecular weight excluding hydrogens is 267 g/mol. The first-order chi connectivity index (χ1) is 9.13. The fourth-order valence-electron chi connectivity index (χ4n) is 1.62. The molecule has 0 unspecified atom stereocenters. The molecule has 3 aromatic rings. The summed E-state index contributed by atoms with van der Waals surface area (Å²) in [6.07, 6.45) is 0. The van der Waals surface area contributed by atoms with Gasteiger partial charge in [-0.2, -0.15) is 4.98 Å². The summed E-state index contributed by atoms with van der Waals surface area (Å²) in [5, 5.41) is 8.68. The van der Waals surface area contributed by atoms with Gasteiger partial charge >= 0.3 is 0 Å². The molecule has 0 radical (unpaired) electrons. The van der Waals surface area contributed by atoms with Crippen molar-refractivity contribution in [2.45, 2.75) is 6.92 Å². The van der Waals surface area contributed by atoms with Crippen molar-refractivity contribution in [3.63, 3.8) is 0 Å². The Hall–Kier alpha value is -2.28. The second-order valence-corrected chi connectivity index (χ2v) is 4.80. The predicted molar refractivity (Wildman–Crippen MR) is 70.0 cm³/mol. The minimum Gasteiger partial charge on any atom is -0.289 e. The van der Waals surface area contributed by atoms with E-state index < -0.39 is 0 Å². The molecule has 5 nitrogen and oxygen atoms in total. The molecule has 1 N–H and O–H groups in total. The standard InChI is InChI=1S/C12H9FN4OS/c1-7-6-19-12-15-11(16-17(7)12)14-10(18)8-2-4-9(13)5-3-8/h2-6H,1H3,(H,14,16,18). The largest absolute Gasteiger partial charge is 0.289 e. The summed E-state index contributed by atoms with van der Waals surface area (Å²) in [5.74, 6) is -0.506. The van der Waals surface area contributed by atoms with Gasteiger partial charge in [0, 0.05) is 10.9 Å². The minimum atomic E-state index is -0.382. The van der Waals surface area contributed by atoms with Gasteiger partial charge < -0.3 is 0 Å². The molecule has 0 spiro atoms. The Bertz CT molecular complexity index is 747. The van der Waals surface area contributed by atoms with Gasteiger partial charge in [0.25, 0.3) is 11.9 Å². The Morgan fingerprint density at radius 2 is 2.11 bits per heavy atom. The average molecular weight is 276 g/mol. The van der Waals surface area contributed by atoms with Gasteiger partial charge in [-0.15, -0.1) is 16.4 Å². The van der Waals surface area contributed by atoms with Gasteiger partial charge in [-0.05, 0) is 31.2 Å². The van der Waals surface area contributed by atoms with E-state index >= 15 is 0 Å². The number of amides is 1. The summed E-state index contributed by atoms with van der Waals surface area (Å²) in [7, 11) is 0. The number of hydrogen-bond acceptors (Lipinski definition) is 4. The van der Waals surface area contributed by atoms with E-state index in [9.17, 15) is 9.18 Å². The monoisotopic (exact) mass is 276 g/mol. The number of fused-ring (bicyclic) bond motifs is 1. The van der Waals surface area contributed by atoms with Crippen LogP contribution in [0.4, 0.5) is 10.3 Å². The smallest absolute Gasteiger partial charge is 0.258 e. The zero-order chi connectivity index (χ0) is 13.4. The maximum atomic E-state index is 12.8. The van der Waals surface area contributed by atoms with Crippen LogP contribution in [0, 0.1) is 12.7 Å². The zero-order valence-electron chi connectivity index (χ0n) is 9.92. The number of nitrogens with zero attached hydrogens (tertiary/aromatic N) is 3. The van der Waals surface area contributed by atoms with E-state index in [0.29, 0.717) is 10.5 Å². The Kier molecular flexibility index (Phi) is 2.75. The molecule has 1 aromatic carbocycles. The van der Waals surface area contributed by atoms with Gasteiger partial charge in [0.15, 0.2) is 0 Å². The third kappa shape index (κ3) is 2.19. The highest BCUT2D eigenvalue weighted by atomic mass is 32.1. The quantitative estimate of drug-likeness (QED) is 0.782. The average Bonchev–Trinajstić information content (AvgIpc) is 2.93. The number of carbonyl (C=O) groups excluding carboxylic acids is 1. The number of benzene rings is 1. The molecule has 0 fully saturated rings. The van der Waals surface area contributed by atoms with Crippen LogP contribution in [0.2, 0.25) is 0 Å². The van der Waals surface area contributed by atoms with Crippen molar-refractivity contribution in [1.29, 1.82) is 0 Å². The first-order valence-corrected chi connectivity index (χ1v) is 6.39. The van der Waals surface area contributed by atoms with Crippen molar-refractivity contribution in [2.75, 3.05) is 5.32 Å². The third-order valence-electron chi connectivity index (χ3n) is 2.58. The maximum absolute atomic E-state index is 12.8. The number of anilines is 1. The lowest BCUT2D eigenvalue weighted by atomic mass is 10.2. The van der Waals surface area contributed by atoms with E-state index in [1.165, 1.54) is 35.6 Å².